The van der Waals surface area contributed by atoms with Crippen LogP contribution < -0.4 is 5.73 Å². The molecule has 0 spiro atoms. The Kier molecular flexibility index (Phi) is 11.3. The monoisotopic (exact) mass is 525 g/mol. The molecule has 10 nitrogen and oxygen atoms in total. The van der Waals surface area contributed by atoms with E-state index in [9.17, 15) is 24.4 Å². The maximum absolute atomic E-state index is 13.8. The van der Waals surface area contributed by atoms with Crippen molar-refractivity contribution < 1.29 is 33.9 Å². The average molecular weight is 525 g/mol. The summed E-state index contributed by atoms with van der Waals surface area (Å²) in [5.74, 6) is -2.41. The molecule has 0 radical (unpaired) electrons. The molecule has 3 rings (SSSR count). The first-order chi connectivity index (χ1) is 18.3. The minimum absolute atomic E-state index is 0.0753. The molecule has 0 unspecified atom stereocenters. The first kappa shape index (κ1) is 29.3. The smallest absolute Gasteiger partial charge is 0.444 e. The number of hydrogen-bond acceptors (Lipinski definition) is 8. The van der Waals surface area contributed by atoms with Crippen LogP contribution in [-0.2, 0) is 32.1 Å². The van der Waals surface area contributed by atoms with Gasteiger partial charge in [-0.3, -0.25) is 9.59 Å². The number of carbonyl (C=O) groups excluding carboxylic acids is 3. The third-order valence-electron chi connectivity index (χ3n) is 6.60. The third-order valence-corrected chi connectivity index (χ3v) is 6.60. The predicted molar refractivity (Wildman–Crippen MR) is 141 cm³/mol. The average Bonchev–Trinajstić information content (AvgIpc) is 3.42. The van der Waals surface area contributed by atoms with Gasteiger partial charge < -0.3 is 30.2 Å². The molecule has 0 aromatic heterocycles. The number of benzene rings is 2. The zero-order chi connectivity index (χ0) is 27.5. The second-order valence-electron chi connectivity index (χ2n) is 9.35. The van der Waals surface area contributed by atoms with Crippen LogP contribution in [0.3, 0.4) is 0 Å². The fraction of sp³-hybridized carbons (Fsp3) is 0.444. The molecule has 1 fully saturated rings. The normalized spacial score (nSPS) is 16.5. The minimum atomic E-state index is -2.01. The Morgan fingerprint density at radius 2 is 1.71 bits per heavy atom. The summed E-state index contributed by atoms with van der Waals surface area (Å²) in [6.07, 6.45) is 0.590. The van der Waals surface area contributed by atoms with E-state index in [-0.39, 0.29) is 13.0 Å². The number of likely N-dealkylation sites (tertiary alicyclic amines) is 1. The van der Waals surface area contributed by atoms with Crippen LogP contribution in [0.5, 0.6) is 0 Å². The van der Waals surface area contributed by atoms with E-state index < -0.39 is 43.1 Å². The van der Waals surface area contributed by atoms with Crippen LogP contribution >= 0.6 is 0 Å². The lowest BCUT2D eigenvalue weighted by Crippen LogP contribution is -2.59. The molecule has 3 amide bonds. The Labute approximate surface area is 223 Å². The first-order valence-corrected chi connectivity index (χ1v) is 12.8. The molecule has 1 aliphatic heterocycles. The van der Waals surface area contributed by atoms with Gasteiger partial charge in [0.05, 0.1) is 12.0 Å². The summed E-state index contributed by atoms with van der Waals surface area (Å²) in [6, 6.07) is 16.4. The number of nitrogens with two attached hydrogens (primary N) is 1. The van der Waals surface area contributed by atoms with Crippen molar-refractivity contribution >= 4 is 25.0 Å². The largest absolute Gasteiger partial charge is 0.476 e. The Balaban J connectivity index is 1.80. The maximum atomic E-state index is 13.8. The number of nitrogens with zero attached hydrogens (tertiary/aromatic N) is 2. The highest BCUT2D eigenvalue weighted by atomic mass is 16.6. The summed E-state index contributed by atoms with van der Waals surface area (Å²) >= 11 is 0. The molecule has 3 atom stereocenters. The third kappa shape index (κ3) is 7.88. The molecule has 204 valence electrons. The summed E-state index contributed by atoms with van der Waals surface area (Å²) < 4.78 is 10.5. The summed E-state index contributed by atoms with van der Waals surface area (Å²) in [6.45, 7) is 0.498. The molecule has 0 aliphatic carbocycles. The molecule has 2 aromatic carbocycles. The van der Waals surface area contributed by atoms with Crippen molar-refractivity contribution in [1.29, 1.82) is 0 Å². The second-order valence-corrected chi connectivity index (χ2v) is 9.35. The number of hydrogen-bond donors (Lipinski definition) is 3. The molecule has 0 bridgehead atoms. The number of amides is 3. The van der Waals surface area contributed by atoms with Gasteiger partial charge in [0.2, 0.25) is 5.91 Å². The van der Waals surface area contributed by atoms with E-state index in [1.165, 1.54) is 12.0 Å². The Morgan fingerprint density at radius 1 is 1.08 bits per heavy atom. The summed E-state index contributed by atoms with van der Waals surface area (Å²) in [4.78, 5) is 42.5. The molecule has 11 heteroatoms. The van der Waals surface area contributed by atoms with Gasteiger partial charge in [-0.2, -0.15) is 0 Å². The predicted octanol–water partition coefficient (Wildman–Crippen LogP) is 1.52. The van der Waals surface area contributed by atoms with Crippen LogP contribution in [0.1, 0.15) is 36.8 Å². The summed E-state index contributed by atoms with van der Waals surface area (Å²) in [5.41, 5.74) is 7.83. The van der Waals surface area contributed by atoms with Crippen LogP contribution in [0.2, 0.25) is 0 Å². The highest BCUT2D eigenvalue weighted by molar-refractivity contribution is 6.44. The quantitative estimate of drug-likeness (QED) is 0.280. The van der Waals surface area contributed by atoms with Gasteiger partial charge in [0.25, 0.3) is 5.91 Å². The van der Waals surface area contributed by atoms with Crippen molar-refractivity contribution in [1.82, 2.24) is 9.80 Å². The van der Waals surface area contributed by atoms with Crippen LogP contribution in [0.15, 0.2) is 60.7 Å². The van der Waals surface area contributed by atoms with Crippen LogP contribution in [0.4, 0.5) is 4.79 Å². The lowest BCUT2D eigenvalue weighted by Gasteiger charge is -2.34. The Hall–Kier alpha value is -3.25. The van der Waals surface area contributed by atoms with Gasteiger partial charge in [0.15, 0.2) is 0 Å². The van der Waals surface area contributed by atoms with E-state index in [2.05, 4.69) is 0 Å². The summed E-state index contributed by atoms with van der Waals surface area (Å²) in [7, 11) is -0.506. The number of carbonyl (C=O) groups is 3. The van der Waals surface area contributed by atoms with Gasteiger partial charge in [-0.25, -0.2) is 9.69 Å². The fourth-order valence-corrected chi connectivity index (χ4v) is 4.64. The highest BCUT2D eigenvalue weighted by Gasteiger charge is 2.45. The van der Waals surface area contributed by atoms with E-state index in [1.807, 2.05) is 36.4 Å². The molecule has 4 N–H and O–H groups in total. The number of ether oxygens (including phenoxy) is 2. The second kappa shape index (κ2) is 14.6. The topological polar surface area (TPSA) is 143 Å². The molecular formula is C27H36BN3O7. The molecular weight excluding hydrogens is 489 g/mol. The van der Waals surface area contributed by atoms with E-state index in [0.29, 0.717) is 44.4 Å². The summed E-state index contributed by atoms with van der Waals surface area (Å²) in [5, 5.41) is 20.3. The van der Waals surface area contributed by atoms with E-state index in [0.717, 1.165) is 10.5 Å². The fourth-order valence-electron chi connectivity index (χ4n) is 4.64. The van der Waals surface area contributed by atoms with Crippen molar-refractivity contribution in [3.05, 3.63) is 71.8 Å². The number of rotatable bonds is 12. The van der Waals surface area contributed by atoms with Crippen LogP contribution in [-0.4, -0.2) is 83.2 Å². The number of imide groups is 1. The van der Waals surface area contributed by atoms with Gasteiger partial charge in [-0.05, 0) is 43.2 Å². The van der Waals surface area contributed by atoms with Crippen molar-refractivity contribution in [3.8, 4) is 0 Å². The molecule has 38 heavy (non-hydrogen) atoms. The van der Waals surface area contributed by atoms with Crippen molar-refractivity contribution in [2.75, 3.05) is 20.3 Å². The molecule has 2 aromatic rings. The maximum Gasteiger partial charge on any atom is 0.476 e. The van der Waals surface area contributed by atoms with Gasteiger partial charge in [0, 0.05) is 20.3 Å². The van der Waals surface area contributed by atoms with Gasteiger partial charge in [-0.1, -0.05) is 60.7 Å². The SMILES string of the molecule is COCCC[C@H](B(O)O)N(C(=O)OCc1ccccc1)C(=O)[C@H]1CCCN1C(=O)[C@@H](N)Cc1ccccc1. The van der Waals surface area contributed by atoms with Crippen LogP contribution in [0.25, 0.3) is 0 Å². The molecule has 0 saturated carbocycles. The van der Waals surface area contributed by atoms with Crippen molar-refractivity contribution in [2.24, 2.45) is 5.73 Å². The molecule has 1 heterocycles. The van der Waals surface area contributed by atoms with Crippen molar-refractivity contribution in [2.45, 2.75) is 56.7 Å². The minimum Gasteiger partial charge on any atom is -0.444 e. The van der Waals surface area contributed by atoms with Crippen LogP contribution in [0, 0.1) is 0 Å². The zero-order valence-electron chi connectivity index (χ0n) is 21.6. The Bertz CT molecular complexity index is 1040. The highest BCUT2D eigenvalue weighted by Crippen LogP contribution is 2.24. The van der Waals surface area contributed by atoms with Gasteiger partial charge in [0.1, 0.15) is 12.6 Å². The lowest BCUT2D eigenvalue weighted by molar-refractivity contribution is -0.144. The first-order valence-electron chi connectivity index (χ1n) is 12.8. The Morgan fingerprint density at radius 3 is 2.32 bits per heavy atom. The van der Waals surface area contributed by atoms with E-state index in [1.54, 1.807) is 24.3 Å². The lowest BCUT2D eigenvalue weighted by atomic mass is 9.75. The van der Waals surface area contributed by atoms with Crippen molar-refractivity contribution in [3.63, 3.8) is 0 Å². The molecule has 1 aliphatic rings. The van der Waals surface area contributed by atoms with E-state index >= 15 is 0 Å². The molecule has 1 saturated heterocycles. The standard InChI is InChI=1S/C27H36BN3O7/c1-37-17-9-15-24(28(35)36)31(27(34)38-19-21-12-6-3-7-13-21)26(33)23-14-8-16-30(23)25(32)22(29)18-20-10-4-2-5-11-20/h2-7,10-13,22-24,35-36H,8-9,14-19,29H2,1H3/t22-,23+,24+/m0/s1. The zero-order valence-corrected chi connectivity index (χ0v) is 21.6. The van der Waals surface area contributed by atoms with Gasteiger partial charge in [-0.15, -0.1) is 0 Å². The van der Waals surface area contributed by atoms with Gasteiger partial charge >= 0.3 is 13.2 Å². The number of methoxy groups -OCH3 is 1. The van der Waals surface area contributed by atoms with E-state index in [4.69, 9.17) is 15.2 Å².